The van der Waals surface area contributed by atoms with Crippen LogP contribution < -0.4 is 0 Å². The summed E-state index contributed by atoms with van der Waals surface area (Å²) >= 11 is 0. The zero-order valence-electron chi connectivity index (χ0n) is 14.7. The number of nitrogens with zero attached hydrogens (tertiary/aromatic N) is 1. The van der Waals surface area contributed by atoms with Crippen molar-refractivity contribution in [3.8, 4) is 0 Å². The summed E-state index contributed by atoms with van der Waals surface area (Å²) in [5.74, 6) is -0.854. The Morgan fingerprint density at radius 3 is 2.46 bits per heavy atom. The predicted octanol–water partition coefficient (Wildman–Crippen LogP) is 2.97. The van der Waals surface area contributed by atoms with Gasteiger partial charge in [-0.3, -0.25) is 9.78 Å². The molecule has 1 fully saturated rings. The van der Waals surface area contributed by atoms with Crippen LogP contribution in [0.3, 0.4) is 0 Å². The van der Waals surface area contributed by atoms with E-state index in [4.69, 9.17) is 4.74 Å². The molecule has 0 aromatic carbocycles. The zero-order valence-corrected chi connectivity index (χ0v) is 15.5. The van der Waals surface area contributed by atoms with Crippen molar-refractivity contribution in [2.45, 2.75) is 56.6 Å². The second kappa shape index (κ2) is 7.64. The second-order valence-electron chi connectivity index (χ2n) is 6.92. The smallest absolute Gasteiger partial charge is 0.377 e. The van der Waals surface area contributed by atoms with Crippen molar-refractivity contribution in [2.75, 3.05) is 12.4 Å². The summed E-state index contributed by atoms with van der Waals surface area (Å²) in [5.41, 5.74) is -0.824. The number of pyridine rings is 1. The molecule has 0 spiro atoms. The summed E-state index contributed by atoms with van der Waals surface area (Å²) in [6, 6.07) is 1.92. The Morgan fingerprint density at radius 2 is 1.96 bits per heavy atom. The van der Waals surface area contributed by atoms with Crippen LogP contribution in [0.15, 0.2) is 18.3 Å². The van der Waals surface area contributed by atoms with Gasteiger partial charge in [0.15, 0.2) is 15.6 Å². The molecule has 0 radical (unpaired) electrons. The number of carbonyl (C=O) groups is 1. The van der Waals surface area contributed by atoms with E-state index in [1.165, 1.54) is 13.8 Å². The Hall–Kier alpha value is -1.48. The molecule has 1 atom stereocenters. The predicted molar refractivity (Wildman–Crippen MR) is 89.4 cm³/mol. The van der Waals surface area contributed by atoms with E-state index in [1.54, 1.807) is 0 Å². The third kappa shape index (κ3) is 4.82. The van der Waals surface area contributed by atoms with Gasteiger partial charge in [0.05, 0.1) is 23.8 Å². The van der Waals surface area contributed by atoms with Crippen molar-refractivity contribution in [2.24, 2.45) is 0 Å². The number of Topliss-reactive ketones (excluding diaryl/α,β-unsaturated/α-hetero) is 1. The molecule has 9 heteroatoms. The standard InChI is InChI=1S/C17H22F3NO4S/c1-16(2,26(23,24)11-14-5-3-4-8-25-14)15(22)9-13-7-6-12(10-21-13)17(18,19)20/h6-7,10,14H,3-5,8-9,11H2,1-2H3. The number of hydrogen-bond donors (Lipinski definition) is 0. The van der Waals surface area contributed by atoms with Gasteiger partial charge in [0.25, 0.3) is 0 Å². The number of sulfone groups is 1. The minimum Gasteiger partial charge on any atom is -0.377 e. The molecule has 2 rings (SSSR count). The fourth-order valence-electron chi connectivity index (χ4n) is 2.64. The maximum Gasteiger partial charge on any atom is 0.417 e. The number of rotatable bonds is 6. The maximum absolute atomic E-state index is 12.7. The van der Waals surface area contributed by atoms with Crippen molar-refractivity contribution < 1.29 is 31.1 Å². The Balaban J connectivity index is 2.08. The molecule has 0 aliphatic carbocycles. The molecule has 1 aliphatic rings. The molecule has 1 saturated heterocycles. The number of alkyl halides is 3. The van der Waals surface area contributed by atoms with Crippen molar-refractivity contribution >= 4 is 15.6 Å². The lowest BCUT2D eigenvalue weighted by atomic mass is 10.0. The van der Waals surface area contributed by atoms with Gasteiger partial charge in [-0.15, -0.1) is 0 Å². The molecule has 146 valence electrons. The van der Waals surface area contributed by atoms with Gasteiger partial charge in [0.1, 0.15) is 4.75 Å². The molecule has 0 N–H and O–H groups in total. The topological polar surface area (TPSA) is 73.3 Å². The number of carbonyl (C=O) groups excluding carboxylic acids is 1. The molecule has 1 aromatic heterocycles. The summed E-state index contributed by atoms with van der Waals surface area (Å²) in [4.78, 5) is 16.2. The van der Waals surface area contributed by atoms with E-state index in [0.717, 1.165) is 25.0 Å². The van der Waals surface area contributed by atoms with Crippen LogP contribution in [-0.4, -0.2) is 42.4 Å². The minimum atomic E-state index is -4.52. The van der Waals surface area contributed by atoms with E-state index < -0.39 is 38.2 Å². The number of ether oxygens (including phenoxy) is 1. The highest BCUT2D eigenvalue weighted by atomic mass is 32.2. The average molecular weight is 393 g/mol. The zero-order chi connectivity index (χ0) is 19.6. The molecule has 0 saturated carbocycles. The third-order valence-electron chi connectivity index (χ3n) is 4.62. The molecule has 2 heterocycles. The summed E-state index contributed by atoms with van der Waals surface area (Å²) < 4.78 is 66.8. The fraction of sp³-hybridized carbons (Fsp3) is 0.647. The van der Waals surface area contributed by atoms with Gasteiger partial charge in [-0.1, -0.05) is 0 Å². The van der Waals surface area contributed by atoms with Gasteiger partial charge in [-0.25, -0.2) is 8.42 Å². The summed E-state index contributed by atoms with van der Waals surface area (Å²) in [6.45, 7) is 3.14. The van der Waals surface area contributed by atoms with Gasteiger partial charge in [-0.2, -0.15) is 13.2 Å². The molecule has 1 unspecified atom stereocenters. The van der Waals surface area contributed by atoms with Gasteiger partial charge >= 0.3 is 6.18 Å². The van der Waals surface area contributed by atoms with E-state index in [2.05, 4.69) is 4.98 Å². The highest BCUT2D eigenvalue weighted by Gasteiger charge is 2.42. The number of ketones is 1. The van der Waals surface area contributed by atoms with Crippen LogP contribution in [0.1, 0.15) is 44.4 Å². The van der Waals surface area contributed by atoms with E-state index in [0.29, 0.717) is 19.2 Å². The molecular formula is C17H22F3NO4S. The summed E-state index contributed by atoms with van der Waals surface area (Å²) in [5, 5.41) is 0. The Labute approximate surface area is 150 Å². The average Bonchev–Trinajstić information content (AvgIpc) is 2.54. The molecule has 1 aliphatic heterocycles. The first-order valence-corrected chi connectivity index (χ1v) is 9.98. The molecule has 1 aromatic rings. The Kier molecular flexibility index (Phi) is 6.12. The molecular weight excluding hydrogens is 371 g/mol. The lowest BCUT2D eigenvalue weighted by molar-refractivity contribution is -0.137. The highest BCUT2D eigenvalue weighted by molar-refractivity contribution is 7.93. The van der Waals surface area contributed by atoms with E-state index in [9.17, 15) is 26.4 Å². The van der Waals surface area contributed by atoms with Crippen LogP contribution in [-0.2, 0) is 32.0 Å². The SMILES string of the molecule is CC(C)(C(=O)Cc1ccc(C(F)(F)F)cn1)S(=O)(=O)CC1CCCCO1. The Bertz CT molecular complexity index is 736. The van der Waals surface area contributed by atoms with Gasteiger partial charge in [0.2, 0.25) is 0 Å². The number of halogens is 3. The Morgan fingerprint density at radius 1 is 1.27 bits per heavy atom. The second-order valence-corrected chi connectivity index (χ2v) is 9.50. The number of aromatic nitrogens is 1. The van der Waals surface area contributed by atoms with Crippen LogP contribution in [0, 0.1) is 0 Å². The van der Waals surface area contributed by atoms with Crippen LogP contribution in [0.4, 0.5) is 13.2 Å². The van der Waals surface area contributed by atoms with Gasteiger partial charge < -0.3 is 4.74 Å². The van der Waals surface area contributed by atoms with Crippen LogP contribution >= 0.6 is 0 Å². The molecule has 26 heavy (non-hydrogen) atoms. The fourth-order valence-corrected chi connectivity index (χ4v) is 4.23. The van der Waals surface area contributed by atoms with Crippen LogP contribution in [0.5, 0.6) is 0 Å². The normalized spacial score (nSPS) is 19.3. The van der Waals surface area contributed by atoms with Crippen molar-refractivity contribution in [3.05, 3.63) is 29.6 Å². The van der Waals surface area contributed by atoms with Crippen molar-refractivity contribution in [3.63, 3.8) is 0 Å². The minimum absolute atomic E-state index is 0.0974. The number of hydrogen-bond acceptors (Lipinski definition) is 5. The summed E-state index contributed by atoms with van der Waals surface area (Å²) in [7, 11) is -3.79. The molecule has 0 bridgehead atoms. The maximum atomic E-state index is 12.7. The van der Waals surface area contributed by atoms with Gasteiger partial charge in [-0.05, 0) is 45.2 Å². The first-order chi connectivity index (χ1) is 11.9. The highest BCUT2D eigenvalue weighted by Crippen LogP contribution is 2.29. The molecule has 5 nitrogen and oxygen atoms in total. The van der Waals surface area contributed by atoms with Crippen LogP contribution in [0.25, 0.3) is 0 Å². The summed E-state index contributed by atoms with van der Waals surface area (Å²) in [6.07, 6.45) is -2.26. The quantitative estimate of drug-likeness (QED) is 0.743. The first-order valence-electron chi connectivity index (χ1n) is 8.33. The van der Waals surface area contributed by atoms with Gasteiger partial charge in [0, 0.05) is 18.5 Å². The monoisotopic (exact) mass is 393 g/mol. The van der Waals surface area contributed by atoms with E-state index in [-0.39, 0.29) is 17.9 Å². The van der Waals surface area contributed by atoms with Crippen molar-refractivity contribution in [1.29, 1.82) is 0 Å². The lowest BCUT2D eigenvalue weighted by Gasteiger charge is -2.28. The molecule has 0 amide bonds. The third-order valence-corrected chi connectivity index (χ3v) is 7.22. The van der Waals surface area contributed by atoms with E-state index >= 15 is 0 Å². The van der Waals surface area contributed by atoms with Crippen LogP contribution in [0.2, 0.25) is 0 Å². The largest absolute Gasteiger partial charge is 0.417 e. The van der Waals surface area contributed by atoms with E-state index in [1.807, 2.05) is 0 Å². The van der Waals surface area contributed by atoms with Crippen molar-refractivity contribution in [1.82, 2.24) is 4.98 Å². The first kappa shape index (κ1) is 20.8. The lowest BCUT2D eigenvalue weighted by Crippen LogP contribution is -2.46.